The van der Waals surface area contributed by atoms with Crippen molar-refractivity contribution in [1.29, 1.82) is 0 Å². The quantitative estimate of drug-likeness (QED) is 0.718. The zero-order valence-corrected chi connectivity index (χ0v) is 11.3. The maximum atomic E-state index is 5.98. The summed E-state index contributed by atoms with van der Waals surface area (Å²) >= 11 is 1.71. The summed E-state index contributed by atoms with van der Waals surface area (Å²) in [6.45, 7) is 8.33. The van der Waals surface area contributed by atoms with Crippen LogP contribution in [0.25, 0.3) is 0 Å². The van der Waals surface area contributed by atoms with Gasteiger partial charge in [0, 0.05) is 30.9 Å². The van der Waals surface area contributed by atoms with E-state index in [2.05, 4.69) is 29.5 Å². The summed E-state index contributed by atoms with van der Waals surface area (Å²) in [5.41, 5.74) is 7.17. The van der Waals surface area contributed by atoms with Gasteiger partial charge in [-0.05, 0) is 19.3 Å². The van der Waals surface area contributed by atoms with Crippen molar-refractivity contribution in [1.82, 2.24) is 10.3 Å². The lowest BCUT2D eigenvalue weighted by molar-refractivity contribution is 0.468. The van der Waals surface area contributed by atoms with E-state index in [1.807, 2.05) is 6.92 Å². The molecule has 0 bridgehead atoms. The molecule has 16 heavy (non-hydrogen) atoms. The monoisotopic (exact) mass is 241 g/mol. The maximum Gasteiger partial charge on any atom is 0.0897 e. The van der Waals surface area contributed by atoms with Crippen LogP contribution >= 0.6 is 11.3 Å². The molecule has 92 valence electrons. The van der Waals surface area contributed by atoms with Gasteiger partial charge in [-0.3, -0.25) is 0 Å². The Morgan fingerprint density at radius 2 is 2.25 bits per heavy atom. The van der Waals surface area contributed by atoms with E-state index in [1.165, 1.54) is 5.69 Å². The number of rotatable bonds is 7. The molecule has 0 saturated heterocycles. The van der Waals surface area contributed by atoms with Crippen LogP contribution in [0, 0.1) is 12.8 Å². The molecule has 0 amide bonds. The highest BCUT2D eigenvalue weighted by Gasteiger charge is 2.04. The minimum atomic E-state index is 0.275. The topological polar surface area (TPSA) is 50.9 Å². The number of hydrogen-bond donors (Lipinski definition) is 2. The minimum Gasteiger partial charge on any atom is -0.327 e. The first-order valence-electron chi connectivity index (χ1n) is 5.95. The Hall–Kier alpha value is -0.450. The molecule has 1 unspecified atom stereocenters. The van der Waals surface area contributed by atoms with Crippen molar-refractivity contribution in [3.8, 4) is 0 Å². The predicted molar refractivity (Wildman–Crippen MR) is 70.9 cm³/mol. The van der Waals surface area contributed by atoms with E-state index >= 15 is 0 Å². The van der Waals surface area contributed by atoms with E-state index in [9.17, 15) is 0 Å². The number of hydrogen-bond acceptors (Lipinski definition) is 4. The van der Waals surface area contributed by atoms with E-state index in [1.54, 1.807) is 11.3 Å². The average Bonchev–Trinajstić information content (AvgIpc) is 2.58. The number of thiazole rings is 1. The fraction of sp³-hybridized carbons (Fsp3) is 0.750. The molecule has 0 fully saturated rings. The molecule has 0 radical (unpaired) electrons. The first-order chi connectivity index (χ1) is 7.58. The summed E-state index contributed by atoms with van der Waals surface area (Å²) in [4.78, 5) is 4.42. The van der Waals surface area contributed by atoms with Gasteiger partial charge in [-0.2, -0.15) is 0 Å². The molecule has 4 heteroatoms. The van der Waals surface area contributed by atoms with Gasteiger partial charge >= 0.3 is 0 Å². The van der Waals surface area contributed by atoms with Crippen LogP contribution in [-0.2, 0) is 6.42 Å². The van der Waals surface area contributed by atoms with Gasteiger partial charge < -0.3 is 11.1 Å². The Bertz CT molecular complexity index is 296. The van der Waals surface area contributed by atoms with Crippen LogP contribution in [0.5, 0.6) is 0 Å². The molecule has 3 nitrogen and oxygen atoms in total. The summed E-state index contributed by atoms with van der Waals surface area (Å²) in [5, 5.41) is 6.66. The van der Waals surface area contributed by atoms with Crippen molar-refractivity contribution in [3.05, 3.63) is 16.1 Å². The summed E-state index contributed by atoms with van der Waals surface area (Å²) in [6, 6.07) is 0.275. The molecule has 1 aromatic heterocycles. The zero-order valence-electron chi connectivity index (χ0n) is 10.5. The maximum absolute atomic E-state index is 5.98. The van der Waals surface area contributed by atoms with Crippen LogP contribution in [0.4, 0.5) is 0 Å². The average molecular weight is 241 g/mol. The molecule has 3 N–H and O–H groups in total. The molecule has 0 aliphatic carbocycles. The summed E-state index contributed by atoms with van der Waals surface area (Å²) < 4.78 is 0. The van der Waals surface area contributed by atoms with Gasteiger partial charge in [0.1, 0.15) is 0 Å². The number of aromatic nitrogens is 1. The lowest BCUT2D eigenvalue weighted by Crippen LogP contribution is -2.35. The fourth-order valence-electron chi connectivity index (χ4n) is 1.72. The summed E-state index contributed by atoms with van der Waals surface area (Å²) in [6.07, 6.45) is 2.08. The van der Waals surface area contributed by atoms with E-state index in [0.29, 0.717) is 5.92 Å². The van der Waals surface area contributed by atoms with Crippen LogP contribution < -0.4 is 11.1 Å². The summed E-state index contributed by atoms with van der Waals surface area (Å²) in [7, 11) is 0. The van der Waals surface area contributed by atoms with Crippen LogP contribution in [-0.4, -0.2) is 24.1 Å². The standard InChI is InChI=1S/C12H23N3S/c1-9(2)6-11(13)7-14-5-4-12-8-16-10(3)15-12/h8-9,11,14H,4-7,13H2,1-3H3. The first kappa shape index (κ1) is 13.6. The zero-order chi connectivity index (χ0) is 12.0. The van der Waals surface area contributed by atoms with Crippen LogP contribution in [0.3, 0.4) is 0 Å². The van der Waals surface area contributed by atoms with E-state index in [0.717, 1.165) is 30.9 Å². The third-order valence-electron chi connectivity index (χ3n) is 2.41. The Balaban J connectivity index is 2.07. The predicted octanol–water partition coefficient (Wildman–Crippen LogP) is 1.96. The highest BCUT2D eigenvalue weighted by Crippen LogP contribution is 2.07. The molecule has 1 heterocycles. The van der Waals surface area contributed by atoms with Gasteiger partial charge in [0.05, 0.1) is 10.7 Å². The molecule has 0 spiro atoms. The molecule has 1 aromatic rings. The van der Waals surface area contributed by atoms with Crippen LogP contribution in [0.1, 0.15) is 31.0 Å². The number of nitrogens with one attached hydrogen (secondary N) is 1. The van der Waals surface area contributed by atoms with E-state index in [-0.39, 0.29) is 6.04 Å². The smallest absolute Gasteiger partial charge is 0.0897 e. The Morgan fingerprint density at radius 3 is 2.81 bits per heavy atom. The highest BCUT2D eigenvalue weighted by atomic mass is 32.1. The Labute approximate surface area is 102 Å². The van der Waals surface area contributed by atoms with E-state index in [4.69, 9.17) is 5.73 Å². The second-order valence-electron chi connectivity index (χ2n) is 4.70. The SMILES string of the molecule is Cc1nc(CCNCC(N)CC(C)C)cs1. The lowest BCUT2D eigenvalue weighted by atomic mass is 10.0. The second-order valence-corrected chi connectivity index (χ2v) is 5.76. The van der Waals surface area contributed by atoms with Crippen molar-refractivity contribution in [2.24, 2.45) is 11.7 Å². The Kier molecular flexibility index (Phi) is 5.95. The second kappa shape index (κ2) is 6.99. The molecule has 0 aliphatic rings. The fourth-order valence-corrected chi connectivity index (χ4v) is 2.36. The first-order valence-corrected chi connectivity index (χ1v) is 6.83. The van der Waals surface area contributed by atoms with E-state index < -0.39 is 0 Å². The van der Waals surface area contributed by atoms with Crippen LogP contribution in [0.2, 0.25) is 0 Å². The van der Waals surface area contributed by atoms with Crippen molar-refractivity contribution in [3.63, 3.8) is 0 Å². The highest BCUT2D eigenvalue weighted by molar-refractivity contribution is 7.09. The third-order valence-corrected chi connectivity index (χ3v) is 3.23. The molecular weight excluding hydrogens is 218 g/mol. The van der Waals surface area contributed by atoms with Gasteiger partial charge in [0.2, 0.25) is 0 Å². The molecule has 0 aliphatic heterocycles. The lowest BCUT2D eigenvalue weighted by Gasteiger charge is -2.14. The van der Waals surface area contributed by atoms with Crippen LogP contribution in [0.15, 0.2) is 5.38 Å². The summed E-state index contributed by atoms with van der Waals surface area (Å²) in [5.74, 6) is 0.679. The van der Waals surface area contributed by atoms with Crippen molar-refractivity contribution < 1.29 is 0 Å². The van der Waals surface area contributed by atoms with Gasteiger partial charge in [0.25, 0.3) is 0 Å². The third kappa shape index (κ3) is 5.58. The molecule has 1 rings (SSSR count). The van der Waals surface area contributed by atoms with Crippen molar-refractivity contribution in [2.75, 3.05) is 13.1 Å². The molecule has 1 atom stereocenters. The molecule has 0 aromatic carbocycles. The number of aryl methyl sites for hydroxylation is 1. The Morgan fingerprint density at radius 1 is 1.50 bits per heavy atom. The number of nitrogens with zero attached hydrogens (tertiary/aromatic N) is 1. The van der Waals surface area contributed by atoms with Crippen molar-refractivity contribution >= 4 is 11.3 Å². The van der Waals surface area contributed by atoms with Gasteiger partial charge in [-0.25, -0.2) is 4.98 Å². The normalized spacial score (nSPS) is 13.3. The number of nitrogens with two attached hydrogens (primary N) is 1. The molecule has 0 saturated carbocycles. The van der Waals surface area contributed by atoms with Gasteiger partial charge in [-0.15, -0.1) is 11.3 Å². The minimum absolute atomic E-state index is 0.275. The van der Waals surface area contributed by atoms with Gasteiger partial charge in [0.15, 0.2) is 0 Å². The van der Waals surface area contributed by atoms with Crippen molar-refractivity contribution in [2.45, 2.75) is 39.7 Å². The molecular formula is C12H23N3S. The largest absolute Gasteiger partial charge is 0.327 e. The van der Waals surface area contributed by atoms with Gasteiger partial charge in [-0.1, -0.05) is 13.8 Å².